The van der Waals surface area contributed by atoms with Crippen molar-refractivity contribution in [3.8, 4) is 0 Å². The summed E-state index contributed by atoms with van der Waals surface area (Å²) >= 11 is 0. The number of hydrogen-bond acceptors (Lipinski definition) is 2. The summed E-state index contributed by atoms with van der Waals surface area (Å²) in [4.78, 5) is 10.6. The molecule has 2 atom stereocenters. The van der Waals surface area contributed by atoms with Crippen molar-refractivity contribution < 1.29 is 9.90 Å². The first-order valence-electron chi connectivity index (χ1n) is 6.02. The Balaban J connectivity index is 3.69. The molecule has 0 amide bonds. The van der Waals surface area contributed by atoms with Gasteiger partial charge >= 0.3 is 5.97 Å². The van der Waals surface area contributed by atoms with E-state index in [2.05, 4.69) is 13.8 Å². The summed E-state index contributed by atoms with van der Waals surface area (Å²) in [6, 6.07) is 0. The van der Waals surface area contributed by atoms with Gasteiger partial charge in [-0.15, -0.1) is 0 Å². The maximum Gasteiger partial charge on any atom is 0.303 e. The maximum absolute atomic E-state index is 10.6. The Morgan fingerprint density at radius 2 is 2.07 bits per heavy atom. The van der Waals surface area contributed by atoms with Gasteiger partial charge in [0.1, 0.15) is 0 Å². The first-order valence-corrected chi connectivity index (χ1v) is 6.02. The molecule has 0 heterocycles. The molecule has 0 radical (unpaired) electrons. The zero-order valence-corrected chi connectivity index (χ0v) is 10.0. The fraction of sp³-hybridized carbons (Fsp3) is 0.917. The van der Waals surface area contributed by atoms with Crippen LogP contribution in [0.1, 0.15) is 52.4 Å². The van der Waals surface area contributed by atoms with Crippen LogP contribution in [-0.4, -0.2) is 17.6 Å². The van der Waals surface area contributed by atoms with Crippen LogP contribution in [0.4, 0.5) is 0 Å². The quantitative estimate of drug-likeness (QED) is 0.581. The zero-order valence-electron chi connectivity index (χ0n) is 10.0. The van der Waals surface area contributed by atoms with Crippen LogP contribution in [-0.2, 0) is 4.79 Å². The molecule has 0 unspecified atom stereocenters. The second-order valence-corrected chi connectivity index (χ2v) is 4.54. The van der Waals surface area contributed by atoms with E-state index in [1.54, 1.807) is 0 Å². The summed E-state index contributed by atoms with van der Waals surface area (Å²) in [6.07, 6.45) is 6.13. The number of carbonyl (C=O) groups is 1. The van der Waals surface area contributed by atoms with Crippen molar-refractivity contribution >= 4 is 5.97 Å². The normalized spacial score (nSPS) is 14.9. The Bertz CT molecular complexity index is 171. The van der Waals surface area contributed by atoms with Crippen LogP contribution in [0.3, 0.4) is 0 Å². The molecule has 3 nitrogen and oxygen atoms in total. The molecule has 0 aromatic carbocycles. The maximum atomic E-state index is 10.6. The Morgan fingerprint density at radius 1 is 1.40 bits per heavy atom. The Hall–Kier alpha value is -0.570. The van der Waals surface area contributed by atoms with Crippen molar-refractivity contribution in [1.82, 2.24) is 0 Å². The van der Waals surface area contributed by atoms with Gasteiger partial charge in [-0.2, -0.15) is 0 Å². The van der Waals surface area contributed by atoms with Gasteiger partial charge in [0.15, 0.2) is 0 Å². The highest BCUT2D eigenvalue weighted by atomic mass is 16.4. The molecule has 3 heteroatoms. The Morgan fingerprint density at radius 3 is 2.53 bits per heavy atom. The predicted octanol–water partition coefficient (Wildman–Crippen LogP) is 2.64. The summed E-state index contributed by atoms with van der Waals surface area (Å²) in [7, 11) is 0. The van der Waals surface area contributed by atoms with Gasteiger partial charge in [0.05, 0.1) is 0 Å². The molecule has 90 valence electrons. The van der Waals surface area contributed by atoms with Gasteiger partial charge < -0.3 is 10.8 Å². The standard InChI is InChI=1S/C12H25NO2/c1-3-4-5-6-10(2)7-11(9-13)8-12(14)15/h10-11H,3-9,13H2,1-2H3,(H,14,15)/t10-,11-/m1/s1. The summed E-state index contributed by atoms with van der Waals surface area (Å²) in [5.41, 5.74) is 5.56. The van der Waals surface area contributed by atoms with Gasteiger partial charge in [0, 0.05) is 6.42 Å². The van der Waals surface area contributed by atoms with E-state index in [0.717, 1.165) is 6.42 Å². The lowest BCUT2D eigenvalue weighted by Gasteiger charge is -2.17. The van der Waals surface area contributed by atoms with Crippen LogP contribution >= 0.6 is 0 Å². The van der Waals surface area contributed by atoms with Gasteiger partial charge in [-0.3, -0.25) is 4.79 Å². The molecule has 0 aliphatic rings. The van der Waals surface area contributed by atoms with Crippen LogP contribution in [0.2, 0.25) is 0 Å². The van der Waals surface area contributed by atoms with Crippen molar-refractivity contribution in [2.24, 2.45) is 17.6 Å². The minimum atomic E-state index is -0.730. The first kappa shape index (κ1) is 14.4. The molecule has 0 aromatic rings. The topological polar surface area (TPSA) is 63.3 Å². The van der Waals surface area contributed by atoms with E-state index in [0.29, 0.717) is 12.5 Å². The molecule has 0 aliphatic heterocycles. The molecule has 0 fully saturated rings. The van der Waals surface area contributed by atoms with E-state index < -0.39 is 5.97 Å². The third kappa shape index (κ3) is 8.43. The van der Waals surface area contributed by atoms with Crippen LogP contribution in [0, 0.1) is 11.8 Å². The first-order chi connectivity index (χ1) is 7.10. The molecule has 3 N–H and O–H groups in total. The van der Waals surface area contributed by atoms with Gasteiger partial charge in [0.25, 0.3) is 0 Å². The average molecular weight is 215 g/mol. The highest BCUT2D eigenvalue weighted by Gasteiger charge is 2.14. The lowest BCUT2D eigenvalue weighted by atomic mass is 9.90. The molecule has 0 spiro atoms. The Labute approximate surface area is 93.0 Å². The van der Waals surface area contributed by atoms with E-state index in [-0.39, 0.29) is 12.3 Å². The van der Waals surface area contributed by atoms with Crippen molar-refractivity contribution in [1.29, 1.82) is 0 Å². The third-order valence-electron chi connectivity index (χ3n) is 2.83. The summed E-state index contributed by atoms with van der Waals surface area (Å²) in [5, 5.41) is 8.69. The lowest BCUT2D eigenvalue weighted by molar-refractivity contribution is -0.138. The number of carboxylic acids is 1. The number of carboxylic acid groups (broad SMARTS) is 1. The number of nitrogens with two attached hydrogens (primary N) is 1. The van der Waals surface area contributed by atoms with Crippen molar-refractivity contribution in [2.75, 3.05) is 6.54 Å². The van der Waals surface area contributed by atoms with Gasteiger partial charge in [0.2, 0.25) is 0 Å². The predicted molar refractivity (Wildman–Crippen MR) is 62.7 cm³/mol. The number of hydrogen-bond donors (Lipinski definition) is 2. The van der Waals surface area contributed by atoms with Crippen LogP contribution < -0.4 is 5.73 Å². The molecule has 0 aliphatic carbocycles. The number of unbranched alkanes of at least 4 members (excludes halogenated alkanes) is 2. The van der Waals surface area contributed by atoms with Crippen molar-refractivity contribution in [3.05, 3.63) is 0 Å². The zero-order chi connectivity index (χ0) is 11.7. The lowest BCUT2D eigenvalue weighted by Crippen LogP contribution is -2.20. The minimum absolute atomic E-state index is 0.152. The molecule has 0 saturated heterocycles. The van der Waals surface area contributed by atoms with Gasteiger partial charge in [-0.25, -0.2) is 0 Å². The van der Waals surface area contributed by atoms with Gasteiger partial charge in [-0.05, 0) is 24.8 Å². The summed E-state index contributed by atoms with van der Waals surface area (Å²) < 4.78 is 0. The minimum Gasteiger partial charge on any atom is -0.481 e. The third-order valence-corrected chi connectivity index (χ3v) is 2.83. The van der Waals surface area contributed by atoms with Crippen LogP contribution in [0.5, 0.6) is 0 Å². The van der Waals surface area contributed by atoms with E-state index >= 15 is 0 Å². The molecule has 0 aromatic heterocycles. The molecule has 0 rings (SSSR count). The van der Waals surface area contributed by atoms with E-state index in [4.69, 9.17) is 10.8 Å². The molecule has 0 saturated carbocycles. The average Bonchev–Trinajstić information content (AvgIpc) is 2.16. The summed E-state index contributed by atoms with van der Waals surface area (Å²) in [5.74, 6) is 0.0229. The highest BCUT2D eigenvalue weighted by molar-refractivity contribution is 5.67. The van der Waals surface area contributed by atoms with Crippen LogP contribution in [0.15, 0.2) is 0 Å². The monoisotopic (exact) mass is 215 g/mol. The number of rotatable bonds is 9. The Kier molecular flexibility index (Phi) is 8.38. The van der Waals surface area contributed by atoms with Crippen molar-refractivity contribution in [3.63, 3.8) is 0 Å². The fourth-order valence-electron chi connectivity index (χ4n) is 1.94. The van der Waals surface area contributed by atoms with E-state index in [1.807, 2.05) is 0 Å². The molecular weight excluding hydrogens is 190 g/mol. The van der Waals surface area contributed by atoms with Crippen molar-refractivity contribution in [2.45, 2.75) is 52.4 Å². The number of aliphatic carboxylic acids is 1. The SMILES string of the molecule is CCCCC[C@@H](C)C[C@@H](CN)CC(=O)O. The second kappa shape index (κ2) is 8.72. The molecule has 15 heavy (non-hydrogen) atoms. The highest BCUT2D eigenvalue weighted by Crippen LogP contribution is 2.20. The van der Waals surface area contributed by atoms with E-state index in [9.17, 15) is 4.79 Å². The summed E-state index contributed by atoms with van der Waals surface area (Å²) in [6.45, 7) is 4.88. The van der Waals surface area contributed by atoms with Crippen LogP contribution in [0.25, 0.3) is 0 Å². The van der Waals surface area contributed by atoms with Gasteiger partial charge in [-0.1, -0.05) is 39.5 Å². The smallest absolute Gasteiger partial charge is 0.303 e. The fourth-order valence-corrected chi connectivity index (χ4v) is 1.94. The van der Waals surface area contributed by atoms with E-state index in [1.165, 1.54) is 25.7 Å². The molecular formula is C12H25NO2. The second-order valence-electron chi connectivity index (χ2n) is 4.54. The molecule has 0 bridgehead atoms. The largest absolute Gasteiger partial charge is 0.481 e.